The normalized spacial score (nSPS) is 18.4. The fraction of sp³-hybridized carbons (Fsp3) is 0.500. The number of imide groups is 1. The van der Waals surface area contributed by atoms with Crippen LogP contribution >= 0.6 is 0 Å². The maximum Gasteiger partial charge on any atom is 0.417 e. The molecule has 0 aliphatic carbocycles. The van der Waals surface area contributed by atoms with Crippen molar-refractivity contribution in [3.63, 3.8) is 0 Å². The minimum Gasteiger partial charge on any atom is -0.443 e. The first-order chi connectivity index (χ1) is 10.6. The summed E-state index contributed by atoms with van der Waals surface area (Å²) < 4.78 is 44.5. The highest BCUT2D eigenvalue weighted by Gasteiger charge is 2.37. The van der Waals surface area contributed by atoms with E-state index in [1.54, 1.807) is 20.8 Å². The minimum absolute atomic E-state index is 0.0340. The molecule has 126 valence electrons. The molecule has 23 heavy (non-hydrogen) atoms. The summed E-state index contributed by atoms with van der Waals surface area (Å²) in [7, 11) is 0. The highest BCUT2D eigenvalue weighted by Crippen LogP contribution is 2.25. The summed E-state index contributed by atoms with van der Waals surface area (Å²) in [6.07, 6.45) is -0.341. The average Bonchev–Trinajstić information content (AvgIpc) is 2.75. The molecule has 4 nitrogen and oxygen atoms in total. The molecule has 0 bridgehead atoms. The van der Waals surface area contributed by atoms with Gasteiger partial charge in [-0.15, -0.1) is 0 Å². The van der Waals surface area contributed by atoms with Gasteiger partial charge in [0, 0.05) is 12.5 Å². The van der Waals surface area contributed by atoms with Crippen LogP contribution in [0.4, 0.5) is 18.0 Å². The van der Waals surface area contributed by atoms with Gasteiger partial charge in [0.25, 0.3) is 0 Å². The molecule has 1 atom stereocenters. The van der Waals surface area contributed by atoms with Crippen molar-refractivity contribution in [3.8, 4) is 0 Å². The van der Waals surface area contributed by atoms with E-state index in [0.29, 0.717) is 6.42 Å². The van der Waals surface area contributed by atoms with Crippen LogP contribution in [0.15, 0.2) is 12.1 Å². The molecule has 1 unspecified atom stereocenters. The lowest BCUT2D eigenvalue weighted by molar-refractivity contribution is -0.130. The smallest absolute Gasteiger partial charge is 0.417 e. The van der Waals surface area contributed by atoms with Crippen LogP contribution in [0, 0.1) is 23.4 Å². The van der Waals surface area contributed by atoms with Gasteiger partial charge in [-0.05, 0) is 51.3 Å². The van der Waals surface area contributed by atoms with Crippen molar-refractivity contribution in [1.82, 2.24) is 4.90 Å². The zero-order valence-electron chi connectivity index (χ0n) is 13.2. The Kier molecular flexibility index (Phi) is 4.68. The van der Waals surface area contributed by atoms with Gasteiger partial charge >= 0.3 is 6.09 Å². The number of rotatable bonds is 2. The van der Waals surface area contributed by atoms with Gasteiger partial charge < -0.3 is 4.74 Å². The van der Waals surface area contributed by atoms with Gasteiger partial charge in [-0.2, -0.15) is 0 Å². The third-order valence-electron chi connectivity index (χ3n) is 3.46. The Labute approximate surface area is 132 Å². The molecule has 1 aromatic rings. The van der Waals surface area contributed by atoms with Crippen LogP contribution in [0.25, 0.3) is 0 Å². The van der Waals surface area contributed by atoms with Crippen LogP contribution in [0.3, 0.4) is 0 Å². The van der Waals surface area contributed by atoms with E-state index in [1.165, 1.54) is 0 Å². The van der Waals surface area contributed by atoms with E-state index in [9.17, 15) is 22.8 Å². The number of amides is 2. The van der Waals surface area contributed by atoms with E-state index in [0.717, 1.165) is 17.0 Å². The summed E-state index contributed by atoms with van der Waals surface area (Å²) in [5, 5.41) is 0. The fourth-order valence-electron chi connectivity index (χ4n) is 2.44. The summed E-state index contributed by atoms with van der Waals surface area (Å²) >= 11 is 0. The van der Waals surface area contributed by atoms with E-state index >= 15 is 0 Å². The minimum atomic E-state index is -1.54. The third kappa shape index (κ3) is 4.03. The molecule has 7 heteroatoms. The highest BCUT2D eigenvalue weighted by atomic mass is 19.2. The molecule has 1 aromatic carbocycles. The number of likely N-dealkylation sites (tertiary alicyclic amines) is 1. The molecular formula is C16H18F3NO3. The first-order valence-corrected chi connectivity index (χ1v) is 7.26. The second kappa shape index (κ2) is 6.22. The Hall–Kier alpha value is -2.05. The Morgan fingerprint density at radius 3 is 2.35 bits per heavy atom. The Balaban J connectivity index is 2.07. The van der Waals surface area contributed by atoms with E-state index < -0.39 is 41.0 Å². The van der Waals surface area contributed by atoms with Crippen molar-refractivity contribution in [3.05, 3.63) is 35.1 Å². The Morgan fingerprint density at radius 1 is 1.26 bits per heavy atom. The summed E-state index contributed by atoms with van der Waals surface area (Å²) in [6.45, 7) is 5.25. The first-order valence-electron chi connectivity index (χ1n) is 7.26. The molecule has 2 amide bonds. The van der Waals surface area contributed by atoms with Crippen LogP contribution in [0.2, 0.25) is 0 Å². The molecular weight excluding hydrogens is 311 g/mol. The monoisotopic (exact) mass is 329 g/mol. The molecule has 0 spiro atoms. The fourth-order valence-corrected chi connectivity index (χ4v) is 2.44. The number of nitrogens with zero attached hydrogens (tertiary/aromatic N) is 1. The molecule has 0 N–H and O–H groups in total. The van der Waals surface area contributed by atoms with Crippen molar-refractivity contribution in [2.24, 2.45) is 5.92 Å². The maximum atomic E-state index is 13.2. The number of carbonyl (C=O) groups excluding carboxylic acids is 2. The van der Waals surface area contributed by atoms with Crippen molar-refractivity contribution >= 4 is 12.0 Å². The van der Waals surface area contributed by atoms with Crippen molar-refractivity contribution < 1.29 is 27.5 Å². The average molecular weight is 329 g/mol. The van der Waals surface area contributed by atoms with Crippen LogP contribution < -0.4 is 0 Å². The van der Waals surface area contributed by atoms with E-state index in [1.807, 2.05) is 0 Å². The van der Waals surface area contributed by atoms with Crippen molar-refractivity contribution in [2.45, 2.75) is 39.2 Å². The van der Waals surface area contributed by atoms with Gasteiger partial charge in [0.05, 0.1) is 0 Å². The molecule has 1 saturated heterocycles. The molecule has 2 rings (SSSR count). The lowest BCUT2D eigenvalue weighted by Crippen LogP contribution is -2.38. The number of hydrogen-bond acceptors (Lipinski definition) is 3. The SMILES string of the molecule is CC(C)(C)OC(=O)N1CCC(Cc2cc(F)c(F)c(F)c2)C1=O. The maximum absolute atomic E-state index is 13.2. The lowest BCUT2D eigenvalue weighted by atomic mass is 9.98. The number of carbonyl (C=O) groups is 2. The number of benzene rings is 1. The van der Waals surface area contributed by atoms with Crippen molar-refractivity contribution in [2.75, 3.05) is 6.54 Å². The van der Waals surface area contributed by atoms with Crippen LogP contribution in [-0.2, 0) is 16.0 Å². The highest BCUT2D eigenvalue weighted by molar-refractivity contribution is 5.95. The molecule has 0 aromatic heterocycles. The summed E-state index contributed by atoms with van der Waals surface area (Å²) in [6, 6.07) is 1.73. The lowest BCUT2D eigenvalue weighted by Gasteiger charge is -2.23. The molecule has 0 saturated carbocycles. The van der Waals surface area contributed by atoms with Crippen LogP contribution in [0.5, 0.6) is 0 Å². The van der Waals surface area contributed by atoms with Gasteiger partial charge in [-0.3, -0.25) is 4.79 Å². The molecule has 1 aliphatic heterocycles. The third-order valence-corrected chi connectivity index (χ3v) is 3.46. The molecule has 1 heterocycles. The number of ether oxygens (including phenoxy) is 1. The summed E-state index contributed by atoms with van der Waals surface area (Å²) in [4.78, 5) is 25.2. The van der Waals surface area contributed by atoms with E-state index in [-0.39, 0.29) is 18.5 Å². The molecule has 1 fully saturated rings. The van der Waals surface area contributed by atoms with Gasteiger partial charge in [-0.25, -0.2) is 22.9 Å². The Morgan fingerprint density at radius 2 is 1.83 bits per heavy atom. The quantitative estimate of drug-likeness (QED) is 0.781. The standard InChI is InChI=1S/C16H18F3NO3/c1-16(2,3)23-15(22)20-5-4-10(14(20)21)6-9-7-11(17)13(19)12(18)8-9/h7-8,10H,4-6H2,1-3H3. The van der Waals surface area contributed by atoms with Gasteiger partial charge in [0.2, 0.25) is 5.91 Å². The Bertz CT molecular complexity index is 617. The topological polar surface area (TPSA) is 46.6 Å². The second-order valence-electron chi connectivity index (χ2n) is 6.53. The van der Waals surface area contributed by atoms with Gasteiger partial charge in [-0.1, -0.05) is 0 Å². The molecule has 1 aliphatic rings. The van der Waals surface area contributed by atoms with Gasteiger partial charge in [0.15, 0.2) is 17.5 Å². The number of hydrogen-bond donors (Lipinski definition) is 0. The zero-order valence-corrected chi connectivity index (χ0v) is 13.2. The first kappa shape index (κ1) is 17.3. The summed E-state index contributed by atoms with van der Waals surface area (Å²) in [5.41, 5.74) is -0.552. The van der Waals surface area contributed by atoms with Crippen LogP contribution in [-0.4, -0.2) is 29.0 Å². The predicted octanol–water partition coefficient (Wildman–Crippen LogP) is 3.43. The second-order valence-corrected chi connectivity index (χ2v) is 6.53. The van der Waals surface area contributed by atoms with Crippen molar-refractivity contribution in [1.29, 1.82) is 0 Å². The molecule has 0 radical (unpaired) electrons. The van der Waals surface area contributed by atoms with E-state index in [2.05, 4.69) is 0 Å². The largest absolute Gasteiger partial charge is 0.443 e. The van der Waals surface area contributed by atoms with Gasteiger partial charge in [0.1, 0.15) is 5.60 Å². The summed E-state index contributed by atoms with van der Waals surface area (Å²) in [5.74, 6) is -5.18. The zero-order chi connectivity index (χ0) is 17.4. The predicted molar refractivity (Wildman–Crippen MR) is 76.1 cm³/mol. The number of halogens is 3. The van der Waals surface area contributed by atoms with E-state index in [4.69, 9.17) is 4.74 Å². The van der Waals surface area contributed by atoms with Crippen LogP contribution in [0.1, 0.15) is 32.8 Å².